The number of hydrogen-bond donors (Lipinski definition) is 3. The average molecular weight is 476 g/mol. The van der Waals surface area contributed by atoms with Crippen LogP contribution in [-0.2, 0) is 27.4 Å². The average Bonchev–Trinajstić information content (AvgIpc) is 2.86. The summed E-state index contributed by atoms with van der Waals surface area (Å²) in [6.45, 7) is 0.106. The highest BCUT2D eigenvalue weighted by Crippen LogP contribution is 2.60. The lowest BCUT2D eigenvalue weighted by Crippen LogP contribution is -2.59. The number of rotatable bonds is 7. The van der Waals surface area contributed by atoms with Crippen LogP contribution in [0.2, 0.25) is 0 Å². The van der Waals surface area contributed by atoms with Gasteiger partial charge in [-0.2, -0.15) is 0 Å². The van der Waals surface area contributed by atoms with Gasteiger partial charge in [-0.25, -0.2) is 4.79 Å². The fraction of sp³-hybridized carbons (Fsp3) is 0.464. The van der Waals surface area contributed by atoms with Crippen molar-refractivity contribution in [2.45, 2.75) is 57.6 Å². The summed E-state index contributed by atoms with van der Waals surface area (Å²) in [5.41, 5.74) is 6.69. The molecule has 4 aliphatic carbocycles. The number of ether oxygens (including phenoxy) is 1. The molecule has 0 aromatic heterocycles. The molecule has 0 radical (unpaired) electrons. The van der Waals surface area contributed by atoms with Crippen LogP contribution in [0, 0.1) is 23.2 Å². The standard InChI is InChI=1S/C28H33N3O4/c32-25(30-31-26(33)28-15-21-11-22(16-28)13-23(12-21)17-28)24(14-19-7-3-1-4-8-19)29-27(34)35-18-20-9-5-2-6-10-20/h1-10,21-24H,11-18H2,(H,29,34)(H,30,32)(H,31,33)/t21?,22?,23?,24-,28?/m0/s1. The zero-order chi connectivity index (χ0) is 24.3. The summed E-state index contributed by atoms with van der Waals surface area (Å²) in [7, 11) is 0. The molecule has 1 atom stereocenters. The van der Waals surface area contributed by atoms with Crippen molar-refractivity contribution in [1.82, 2.24) is 16.2 Å². The molecule has 7 heteroatoms. The quantitative estimate of drug-likeness (QED) is 0.530. The molecule has 2 aromatic carbocycles. The van der Waals surface area contributed by atoms with Crippen molar-refractivity contribution < 1.29 is 19.1 Å². The van der Waals surface area contributed by atoms with E-state index in [0.29, 0.717) is 17.8 Å². The first-order valence-corrected chi connectivity index (χ1v) is 12.6. The zero-order valence-electron chi connectivity index (χ0n) is 19.9. The largest absolute Gasteiger partial charge is 0.445 e. The highest BCUT2D eigenvalue weighted by Gasteiger charge is 2.54. The maximum absolute atomic E-state index is 13.2. The molecule has 4 aliphatic rings. The lowest BCUT2D eigenvalue weighted by Gasteiger charge is -2.55. The molecule has 7 nitrogen and oxygen atoms in total. The summed E-state index contributed by atoms with van der Waals surface area (Å²) in [5, 5.41) is 2.67. The Hall–Kier alpha value is -3.35. The van der Waals surface area contributed by atoms with Crippen LogP contribution in [0.5, 0.6) is 0 Å². The van der Waals surface area contributed by atoms with Gasteiger partial charge in [0, 0.05) is 6.42 Å². The monoisotopic (exact) mass is 475 g/mol. The van der Waals surface area contributed by atoms with Crippen molar-refractivity contribution in [2.75, 3.05) is 0 Å². The van der Waals surface area contributed by atoms with E-state index in [-0.39, 0.29) is 24.3 Å². The molecule has 6 rings (SSSR count). The van der Waals surface area contributed by atoms with Gasteiger partial charge in [0.05, 0.1) is 5.41 Å². The van der Waals surface area contributed by atoms with Crippen molar-refractivity contribution >= 4 is 17.9 Å². The normalized spacial score (nSPS) is 27.0. The topological polar surface area (TPSA) is 96.5 Å². The highest BCUT2D eigenvalue weighted by atomic mass is 16.5. The SMILES string of the molecule is O=C(N[C@@H](Cc1ccccc1)C(=O)NNC(=O)C12CC3CC(CC(C3)C1)C2)OCc1ccccc1. The molecule has 4 bridgehead atoms. The first-order chi connectivity index (χ1) is 17.0. The molecule has 0 unspecified atom stereocenters. The van der Waals surface area contributed by atoms with Crippen LogP contribution in [0.1, 0.15) is 49.7 Å². The molecule has 35 heavy (non-hydrogen) atoms. The van der Waals surface area contributed by atoms with Gasteiger partial charge < -0.3 is 10.1 Å². The van der Waals surface area contributed by atoms with E-state index in [0.717, 1.165) is 30.4 Å². The van der Waals surface area contributed by atoms with Gasteiger partial charge in [0.1, 0.15) is 12.6 Å². The second kappa shape index (κ2) is 10.1. The minimum atomic E-state index is -0.891. The number of carbonyl (C=O) groups excluding carboxylic acids is 3. The first kappa shape index (κ1) is 23.4. The molecule has 0 aliphatic heterocycles. The minimum Gasteiger partial charge on any atom is -0.445 e. The predicted molar refractivity (Wildman–Crippen MR) is 131 cm³/mol. The molecule has 0 spiro atoms. The third kappa shape index (κ3) is 5.50. The van der Waals surface area contributed by atoms with E-state index < -0.39 is 18.0 Å². The molecular weight excluding hydrogens is 442 g/mol. The summed E-state index contributed by atoms with van der Waals surface area (Å²) >= 11 is 0. The smallest absolute Gasteiger partial charge is 0.408 e. The second-order valence-electron chi connectivity index (χ2n) is 10.6. The fourth-order valence-corrected chi connectivity index (χ4v) is 6.69. The molecule has 3 amide bonds. The van der Waals surface area contributed by atoms with Crippen molar-refractivity contribution in [3.05, 3.63) is 71.8 Å². The summed E-state index contributed by atoms with van der Waals surface area (Å²) in [4.78, 5) is 38.8. The Bertz CT molecular complexity index is 1020. The van der Waals surface area contributed by atoms with Crippen LogP contribution in [0.25, 0.3) is 0 Å². The molecular formula is C28H33N3O4. The Morgan fingerprint density at radius 2 is 1.34 bits per heavy atom. The molecule has 0 saturated heterocycles. The number of benzene rings is 2. The van der Waals surface area contributed by atoms with E-state index in [4.69, 9.17) is 4.74 Å². The number of amides is 3. The van der Waals surface area contributed by atoms with Crippen LogP contribution in [-0.4, -0.2) is 23.9 Å². The number of carbonyl (C=O) groups is 3. The van der Waals surface area contributed by atoms with Gasteiger partial charge in [-0.1, -0.05) is 60.7 Å². The van der Waals surface area contributed by atoms with Gasteiger partial charge >= 0.3 is 6.09 Å². The lowest BCUT2D eigenvalue weighted by atomic mass is 9.49. The third-order valence-corrected chi connectivity index (χ3v) is 7.92. The van der Waals surface area contributed by atoms with E-state index in [1.165, 1.54) is 19.3 Å². The Labute approximate surface area is 206 Å². The van der Waals surface area contributed by atoms with Crippen molar-refractivity contribution in [3.8, 4) is 0 Å². The Morgan fingerprint density at radius 1 is 0.800 bits per heavy atom. The highest BCUT2D eigenvalue weighted by molar-refractivity contribution is 5.89. The number of hydrazine groups is 1. The summed E-state index contributed by atoms with van der Waals surface area (Å²) in [6, 6.07) is 17.9. The van der Waals surface area contributed by atoms with Crippen molar-refractivity contribution in [3.63, 3.8) is 0 Å². The maximum atomic E-state index is 13.2. The van der Waals surface area contributed by atoms with Gasteiger partial charge in [0.25, 0.3) is 5.91 Å². The van der Waals surface area contributed by atoms with E-state index in [2.05, 4.69) is 16.2 Å². The van der Waals surface area contributed by atoms with Crippen LogP contribution in [0.3, 0.4) is 0 Å². The van der Waals surface area contributed by atoms with Crippen LogP contribution < -0.4 is 16.2 Å². The van der Waals surface area contributed by atoms with Crippen LogP contribution in [0.4, 0.5) is 4.79 Å². The predicted octanol–water partition coefficient (Wildman–Crippen LogP) is 3.89. The summed E-state index contributed by atoms with van der Waals surface area (Å²) in [5.74, 6) is 1.34. The van der Waals surface area contributed by atoms with E-state index in [1.807, 2.05) is 60.7 Å². The number of nitrogens with one attached hydrogen (secondary N) is 3. The van der Waals surface area contributed by atoms with E-state index in [9.17, 15) is 14.4 Å². The molecule has 2 aromatic rings. The summed E-state index contributed by atoms with van der Waals surface area (Å²) < 4.78 is 5.32. The van der Waals surface area contributed by atoms with Crippen LogP contribution >= 0.6 is 0 Å². The van der Waals surface area contributed by atoms with Gasteiger partial charge in [-0.15, -0.1) is 0 Å². The van der Waals surface area contributed by atoms with Crippen molar-refractivity contribution in [2.24, 2.45) is 23.2 Å². The first-order valence-electron chi connectivity index (χ1n) is 12.6. The summed E-state index contributed by atoms with van der Waals surface area (Å²) in [6.07, 6.45) is 6.07. The zero-order valence-corrected chi connectivity index (χ0v) is 19.9. The molecule has 0 heterocycles. The van der Waals surface area contributed by atoms with Crippen molar-refractivity contribution in [1.29, 1.82) is 0 Å². The second-order valence-corrected chi connectivity index (χ2v) is 10.6. The Balaban J connectivity index is 1.20. The molecule has 4 saturated carbocycles. The minimum absolute atomic E-state index is 0.0879. The Morgan fingerprint density at radius 3 is 1.91 bits per heavy atom. The van der Waals surface area contributed by atoms with E-state index >= 15 is 0 Å². The van der Waals surface area contributed by atoms with Crippen LogP contribution in [0.15, 0.2) is 60.7 Å². The molecule has 4 fully saturated rings. The number of alkyl carbamates (subject to hydrolysis) is 1. The van der Waals surface area contributed by atoms with Gasteiger partial charge in [0.2, 0.25) is 5.91 Å². The van der Waals surface area contributed by atoms with Gasteiger partial charge in [-0.3, -0.25) is 20.4 Å². The molecule has 184 valence electrons. The number of hydrogen-bond acceptors (Lipinski definition) is 4. The van der Waals surface area contributed by atoms with E-state index in [1.54, 1.807) is 0 Å². The lowest BCUT2D eigenvalue weighted by molar-refractivity contribution is -0.149. The Kier molecular flexibility index (Phi) is 6.75. The van der Waals surface area contributed by atoms with Gasteiger partial charge in [0.15, 0.2) is 0 Å². The maximum Gasteiger partial charge on any atom is 0.408 e. The fourth-order valence-electron chi connectivity index (χ4n) is 6.69. The molecule has 3 N–H and O–H groups in total. The third-order valence-electron chi connectivity index (χ3n) is 7.92. The van der Waals surface area contributed by atoms with Gasteiger partial charge in [-0.05, 0) is 67.4 Å².